The summed E-state index contributed by atoms with van der Waals surface area (Å²) >= 11 is 1.43. The number of fused-ring (bicyclic) bond motifs is 1. The van der Waals surface area contributed by atoms with Crippen LogP contribution in [0.4, 0.5) is 5.69 Å². The number of anilines is 1. The summed E-state index contributed by atoms with van der Waals surface area (Å²) in [7, 11) is 4.84. The lowest BCUT2D eigenvalue weighted by Gasteiger charge is -2.36. The van der Waals surface area contributed by atoms with E-state index in [4.69, 9.17) is 14.2 Å². The van der Waals surface area contributed by atoms with Gasteiger partial charge in [-0.25, -0.2) is 4.79 Å². The van der Waals surface area contributed by atoms with Gasteiger partial charge in [0.2, 0.25) is 0 Å². The molecule has 10 heteroatoms. The number of piperazine rings is 1. The van der Waals surface area contributed by atoms with Crippen molar-refractivity contribution in [1.29, 1.82) is 0 Å². The zero-order valence-corrected chi connectivity index (χ0v) is 22.7. The van der Waals surface area contributed by atoms with E-state index >= 15 is 0 Å². The van der Waals surface area contributed by atoms with E-state index in [0.717, 1.165) is 43.2 Å². The van der Waals surface area contributed by atoms with Crippen LogP contribution in [0.3, 0.4) is 0 Å². The molecule has 1 aliphatic heterocycles. The molecule has 0 spiro atoms. The van der Waals surface area contributed by atoms with Crippen LogP contribution in [0.5, 0.6) is 17.2 Å². The van der Waals surface area contributed by atoms with Gasteiger partial charge >= 0.3 is 5.69 Å². The maximum atomic E-state index is 13.6. The average molecular weight is 537 g/mol. The Kier molecular flexibility index (Phi) is 7.71. The highest BCUT2D eigenvalue weighted by Gasteiger charge is 2.21. The Balaban J connectivity index is 1.35. The second-order valence-electron chi connectivity index (χ2n) is 9.17. The molecule has 0 bridgehead atoms. The Morgan fingerprint density at radius 2 is 1.58 bits per heavy atom. The largest absolute Gasteiger partial charge is 0.497 e. The fourth-order valence-corrected chi connectivity index (χ4v) is 5.80. The molecule has 0 saturated carbocycles. The fraction of sp³-hybridized carbons (Fsp3) is 0.357. The number of nitrogens with zero attached hydrogens (tertiary/aromatic N) is 4. The van der Waals surface area contributed by atoms with Gasteiger partial charge in [-0.15, -0.1) is 11.3 Å². The molecule has 0 aliphatic carbocycles. The van der Waals surface area contributed by atoms with Gasteiger partial charge in [0.05, 0.1) is 44.5 Å². The molecule has 38 heavy (non-hydrogen) atoms. The molecule has 0 unspecified atom stereocenters. The van der Waals surface area contributed by atoms with E-state index < -0.39 is 0 Å². The number of aromatic nitrogens is 2. The monoisotopic (exact) mass is 536 g/mol. The van der Waals surface area contributed by atoms with Gasteiger partial charge in [0, 0.05) is 61.7 Å². The van der Waals surface area contributed by atoms with Crippen LogP contribution in [0.1, 0.15) is 5.56 Å². The molecule has 200 valence electrons. The van der Waals surface area contributed by atoms with Crippen LogP contribution >= 0.6 is 11.3 Å². The van der Waals surface area contributed by atoms with Crippen LogP contribution in [-0.2, 0) is 13.1 Å². The van der Waals surface area contributed by atoms with Gasteiger partial charge in [0.1, 0.15) is 17.2 Å². The van der Waals surface area contributed by atoms with Gasteiger partial charge in [-0.05, 0) is 24.3 Å². The van der Waals surface area contributed by atoms with Crippen LogP contribution in [0.15, 0.2) is 62.8 Å². The van der Waals surface area contributed by atoms with Gasteiger partial charge < -0.3 is 19.1 Å². The summed E-state index contributed by atoms with van der Waals surface area (Å²) in [6.07, 6.45) is 0. The molecule has 1 saturated heterocycles. The maximum Gasteiger partial charge on any atom is 0.331 e. The van der Waals surface area contributed by atoms with E-state index in [2.05, 4.69) is 15.9 Å². The van der Waals surface area contributed by atoms with E-state index in [0.29, 0.717) is 35.5 Å². The summed E-state index contributed by atoms with van der Waals surface area (Å²) in [6.45, 7) is 4.84. The quantitative estimate of drug-likeness (QED) is 0.325. The molecular formula is C28H32N4O5S. The summed E-state index contributed by atoms with van der Waals surface area (Å²) in [5.74, 6) is 2.10. The minimum Gasteiger partial charge on any atom is -0.497 e. The molecule has 3 heterocycles. The minimum absolute atomic E-state index is 0.119. The fourth-order valence-electron chi connectivity index (χ4n) is 4.99. The smallest absolute Gasteiger partial charge is 0.331 e. The van der Waals surface area contributed by atoms with E-state index in [-0.39, 0.29) is 17.8 Å². The predicted octanol–water partition coefficient (Wildman–Crippen LogP) is 3.12. The first kappa shape index (κ1) is 25.9. The van der Waals surface area contributed by atoms with Crippen LogP contribution in [-0.4, -0.2) is 68.1 Å². The van der Waals surface area contributed by atoms with Crippen molar-refractivity contribution in [2.45, 2.75) is 13.1 Å². The van der Waals surface area contributed by atoms with Crippen LogP contribution in [0.2, 0.25) is 0 Å². The van der Waals surface area contributed by atoms with Crippen molar-refractivity contribution in [1.82, 2.24) is 14.0 Å². The van der Waals surface area contributed by atoms with Gasteiger partial charge in [-0.1, -0.05) is 12.1 Å². The van der Waals surface area contributed by atoms with Crippen LogP contribution in [0.25, 0.3) is 10.9 Å². The molecule has 0 N–H and O–H groups in total. The van der Waals surface area contributed by atoms with Gasteiger partial charge in [0.25, 0.3) is 5.56 Å². The molecule has 1 aliphatic rings. The zero-order valence-electron chi connectivity index (χ0n) is 21.9. The summed E-state index contributed by atoms with van der Waals surface area (Å²) in [4.78, 5) is 31.6. The first-order valence-corrected chi connectivity index (χ1v) is 13.5. The SMILES string of the molecule is COc1ccc(Cn2c(=O)c3cscc3n(CCN3CCN(c4ccccc4OC)CC3)c2=O)c(OC)c1. The number of ether oxygens (including phenoxy) is 3. The molecule has 0 amide bonds. The van der Waals surface area contributed by atoms with E-state index in [1.807, 2.05) is 35.0 Å². The molecule has 2 aromatic heterocycles. The Morgan fingerprint density at radius 3 is 2.32 bits per heavy atom. The lowest BCUT2D eigenvalue weighted by molar-refractivity contribution is 0.246. The Morgan fingerprint density at radius 1 is 0.816 bits per heavy atom. The third-order valence-electron chi connectivity index (χ3n) is 7.13. The summed E-state index contributed by atoms with van der Waals surface area (Å²) in [5.41, 5.74) is 1.93. The standard InChI is InChI=1S/C28H32N4O5S/c1-35-21-9-8-20(26(16-21)37-3)17-32-27(33)22-18-38-19-24(22)31(28(32)34)15-12-29-10-13-30(14-11-29)23-6-4-5-7-25(23)36-2/h4-9,16,18-19H,10-15,17H2,1-3H3. The molecule has 0 atom stereocenters. The number of thiophene rings is 1. The molecule has 4 aromatic rings. The van der Waals surface area contributed by atoms with E-state index in [9.17, 15) is 9.59 Å². The zero-order chi connectivity index (χ0) is 26.6. The van der Waals surface area contributed by atoms with Crippen molar-refractivity contribution in [3.63, 3.8) is 0 Å². The number of methoxy groups -OCH3 is 3. The van der Waals surface area contributed by atoms with E-state index in [1.54, 1.807) is 38.0 Å². The first-order chi connectivity index (χ1) is 18.5. The molecule has 5 rings (SSSR count). The van der Waals surface area contributed by atoms with Crippen molar-refractivity contribution in [2.24, 2.45) is 0 Å². The first-order valence-electron chi connectivity index (χ1n) is 12.5. The lowest BCUT2D eigenvalue weighted by Crippen LogP contribution is -2.48. The normalized spacial score (nSPS) is 14.1. The lowest BCUT2D eigenvalue weighted by atomic mass is 10.2. The van der Waals surface area contributed by atoms with Crippen LogP contribution < -0.4 is 30.4 Å². The van der Waals surface area contributed by atoms with Crippen molar-refractivity contribution in [3.8, 4) is 17.2 Å². The third-order valence-corrected chi connectivity index (χ3v) is 7.86. The second kappa shape index (κ2) is 11.3. The minimum atomic E-state index is -0.313. The maximum absolute atomic E-state index is 13.6. The van der Waals surface area contributed by atoms with Crippen molar-refractivity contribution < 1.29 is 14.2 Å². The summed E-state index contributed by atoms with van der Waals surface area (Å²) in [6, 6.07) is 13.5. The van der Waals surface area contributed by atoms with Gasteiger partial charge in [0.15, 0.2) is 0 Å². The average Bonchev–Trinajstić information content (AvgIpc) is 3.45. The molecule has 2 aromatic carbocycles. The molecule has 9 nitrogen and oxygen atoms in total. The molecule has 0 radical (unpaired) electrons. The second-order valence-corrected chi connectivity index (χ2v) is 9.92. The highest BCUT2D eigenvalue weighted by molar-refractivity contribution is 7.09. The summed E-state index contributed by atoms with van der Waals surface area (Å²) < 4.78 is 19.4. The number of benzene rings is 2. The van der Waals surface area contributed by atoms with Gasteiger partial charge in [-0.3, -0.25) is 18.8 Å². The number of para-hydroxylation sites is 2. The number of hydrogen-bond acceptors (Lipinski definition) is 8. The van der Waals surface area contributed by atoms with Crippen LogP contribution in [0, 0.1) is 0 Å². The van der Waals surface area contributed by atoms with Crippen molar-refractivity contribution in [2.75, 3.05) is 59.0 Å². The topological polar surface area (TPSA) is 78.2 Å². The van der Waals surface area contributed by atoms with Gasteiger partial charge in [-0.2, -0.15) is 0 Å². The Labute approximate surface area is 225 Å². The molecular weight excluding hydrogens is 504 g/mol. The Bertz CT molecular complexity index is 1530. The number of rotatable bonds is 9. The predicted molar refractivity (Wildman–Crippen MR) is 151 cm³/mol. The van der Waals surface area contributed by atoms with Crippen molar-refractivity contribution in [3.05, 3.63) is 79.6 Å². The third kappa shape index (κ3) is 5.01. The number of hydrogen-bond donors (Lipinski definition) is 0. The van der Waals surface area contributed by atoms with Crippen molar-refractivity contribution >= 4 is 27.9 Å². The summed E-state index contributed by atoms with van der Waals surface area (Å²) in [5, 5.41) is 4.26. The Hall–Kier alpha value is -3.76. The van der Waals surface area contributed by atoms with E-state index in [1.165, 1.54) is 15.9 Å². The molecule has 1 fully saturated rings. The highest BCUT2D eigenvalue weighted by Crippen LogP contribution is 2.28. The highest BCUT2D eigenvalue weighted by atomic mass is 32.1.